The van der Waals surface area contributed by atoms with E-state index in [0.717, 1.165) is 6.07 Å². The fraction of sp³-hybridized carbons (Fsp3) is 0.318. The van der Waals surface area contributed by atoms with E-state index in [-0.39, 0.29) is 5.56 Å². The van der Waals surface area contributed by atoms with Crippen LogP contribution in [0.25, 0.3) is 0 Å². The summed E-state index contributed by atoms with van der Waals surface area (Å²) in [4.78, 5) is 28.1. The Balaban J connectivity index is 1.48. The summed E-state index contributed by atoms with van der Waals surface area (Å²) >= 11 is 0. The Morgan fingerprint density at radius 2 is 1.73 bits per heavy atom. The average molecular weight is 463 g/mol. The predicted molar refractivity (Wildman–Crippen MR) is 112 cm³/mol. The number of benzene rings is 2. The zero-order valence-electron chi connectivity index (χ0n) is 17.7. The third kappa shape index (κ3) is 5.59. The van der Waals surface area contributed by atoms with Gasteiger partial charge in [0, 0.05) is 26.2 Å². The topological polar surface area (TPSA) is 88.5 Å². The second kappa shape index (κ2) is 10.3. The Morgan fingerprint density at radius 1 is 1.03 bits per heavy atom. The van der Waals surface area contributed by atoms with Crippen molar-refractivity contribution in [3.8, 4) is 6.07 Å². The van der Waals surface area contributed by atoms with Crippen molar-refractivity contribution in [3.63, 3.8) is 0 Å². The molecule has 0 aliphatic carbocycles. The van der Waals surface area contributed by atoms with Crippen LogP contribution in [0.2, 0.25) is 0 Å². The van der Waals surface area contributed by atoms with Crippen molar-refractivity contribution in [2.45, 2.75) is 13.0 Å². The molecule has 1 atom stereocenters. The fourth-order valence-electron chi connectivity index (χ4n) is 3.48. The summed E-state index contributed by atoms with van der Waals surface area (Å²) in [5.74, 6) is -6.35. The molecule has 174 valence electrons. The highest BCUT2D eigenvalue weighted by molar-refractivity contribution is 5.95. The van der Waals surface area contributed by atoms with Gasteiger partial charge in [0.15, 0.2) is 17.5 Å². The van der Waals surface area contributed by atoms with E-state index in [1.807, 2.05) is 15.9 Å². The Bertz CT molecular complexity index is 1100. The van der Waals surface area contributed by atoms with Crippen LogP contribution < -0.4 is 15.5 Å². The minimum atomic E-state index is -1.70. The predicted octanol–water partition coefficient (Wildman–Crippen LogP) is 2.38. The van der Waals surface area contributed by atoms with Crippen LogP contribution in [0.5, 0.6) is 0 Å². The SMILES string of the molecule is CC(C(=O)NCC(=O)Nc1ccc(F)c(F)c1F)N1CCN(c2ccc(C#N)cc2F)CC1. The molecule has 2 N–H and O–H groups in total. The molecule has 1 saturated heterocycles. The highest BCUT2D eigenvalue weighted by Crippen LogP contribution is 2.22. The second-order valence-electron chi connectivity index (χ2n) is 7.47. The van der Waals surface area contributed by atoms with Gasteiger partial charge in [-0.15, -0.1) is 0 Å². The van der Waals surface area contributed by atoms with Crippen molar-refractivity contribution in [3.05, 3.63) is 59.2 Å². The first-order valence-electron chi connectivity index (χ1n) is 10.1. The van der Waals surface area contributed by atoms with E-state index in [2.05, 4.69) is 10.6 Å². The van der Waals surface area contributed by atoms with Gasteiger partial charge in [-0.2, -0.15) is 5.26 Å². The molecule has 2 aromatic carbocycles. The number of rotatable bonds is 6. The van der Waals surface area contributed by atoms with Crippen LogP contribution in [0.15, 0.2) is 30.3 Å². The zero-order chi connectivity index (χ0) is 24.1. The number of hydrogen-bond donors (Lipinski definition) is 2. The van der Waals surface area contributed by atoms with E-state index in [9.17, 15) is 27.2 Å². The smallest absolute Gasteiger partial charge is 0.243 e. The number of nitrogens with zero attached hydrogens (tertiary/aromatic N) is 3. The maximum absolute atomic E-state index is 14.2. The quantitative estimate of drug-likeness (QED) is 0.508. The van der Waals surface area contributed by atoms with Crippen molar-refractivity contribution < 1.29 is 27.2 Å². The van der Waals surface area contributed by atoms with Crippen LogP contribution in [0.1, 0.15) is 12.5 Å². The van der Waals surface area contributed by atoms with Crippen molar-refractivity contribution in [1.82, 2.24) is 10.2 Å². The molecule has 33 heavy (non-hydrogen) atoms. The van der Waals surface area contributed by atoms with E-state index in [1.165, 1.54) is 12.1 Å². The molecule has 2 amide bonds. The molecule has 0 saturated carbocycles. The van der Waals surface area contributed by atoms with E-state index >= 15 is 0 Å². The molecular formula is C22H21F4N5O2. The van der Waals surface area contributed by atoms with Crippen LogP contribution in [0, 0.1) is 34.6 Å². The zero-order valence-corrected chi connectivity index (χ0v) is 17.7. The van der Waals surface area contributed by atoms with E-state index in [0.29, 0.717) is 37.9 Å². The minimum absolute atomic E-state index is 0.233. The summed E-state index contributed by atoms with van der Waals surface area (Å²) in [6.07, 6.45) is 0. The standard InChI is InChI=1S/C22H21F4N5O2/c1-13(22(33)28-12-19(32)29-17-4-3-15(23)20(25)21(17)26)30-6-8-31(9-7-30)18-5-2-14(11-27)10-16(18)24/h2-5,10,13H,6-9,12H2,1H3,(H,28,33)(H,29,32). The largest absolute Gasteiger partial charge is 0.367 e. The third-order valence-corrected chi connectivity index (χ3v) is 5.39. The van der Waals surface area contributed by atoms with Crippen LogP contribution >= 0.6 is 0 Å². The van der Waals surface area contributed by atoms with Gasteiger partial charge in [0.05, 0.1) is 35.6 Å². The third-order valence-electron chi connectivity index (χ3n) is 5.39. The fourth-order valence-corrected chi connectivity index (χ4v) is 3.48. The van der Waals surface area contributed by atoms with Crippen molar-refractivity contribution >= 4 is 23.2 Å². The molecule has 3 rings (SSSR count). The van der Waals surface area contributed by atoms with Gasteiger partial charge in [-0.1, -0.05) is 0 Å². The highest BCUT2D eigenvalue weighted by Gasteiger charge is 2.27. The van der Waals surface area contributed by atoms with Crippen LogP contribution in [0.3, 0.4) is 0 Å². The Hall–Kier alpha value is -3.65. The minimum Gasteiger partial charge on any atom is -0.367 e. The van der Waals surface area contributed by atoms with Gasteiger partial charge in [0.1, 0.15) is 5.82 Å². The number of amides is 2. The molecule has 11 heteroatoms. The molecule has 0 spiro atoms. The lowest BCUT2D eigenvalue weighted by Crippen LogP contribution is -2.54. The van der Waals surface area contributed by atoms with Gasteiger partial charge in [-0.25, -0.2) is 17.6 Å². The molecule has 7 nitrogen and oxygen atoms in total. The average Bonchev–Trinajstić information content (AvgIpc) is 2.82. The molecule has 2 aromatic rings. The lowest BCUT2D eigenvalue weighted by Gasteiger charge is -2.38. The first-order valence-corrected chi connectivity index (χ1v) is 10.1. The summed E-state index contributed by atoms with van der Waals surface area (Å²) in [7, 11) is 0. The first kappa shape index (κ1) is 24.0. The lowest BCUT2D eigenvalue weighted by atomic mass is 10.1. The summed E-state index contributed by atoms with van der Waals surface area (Å²) in [5.41, 5.74) is 0.0794. The summed E-state index contributed by atoms with van der Waals surface area (Å²) in [6, 6.07) is 7.12. The summed E-state index contributed by atoms with van der Waals surface area (Å²) in [5, 5.41) is 13.4. The molecule has 0 radical (unpaired) electrons. The van der Waals surface area contributed by atoms with Gasteiger partial charge >= 0.3 is 0 Å². The number of carbonyl (C=O) groups is 2. The summed E-state index contributed by atoms with van der Waals surface area (Å²) in [6.45, 7) is 2.99. The van der Waals surface area contributed by atoms with Gasteiger partial charge in [0.2, 0.25) is 11.8 Å². The molecule has 1 unspecified atom stereocenters. The number of piperazine rings is 1. The van der Waals surface area contributed by atoms with Crippen LogP contribution in [0.4, 0.5) is 28.9 Å². The first-order chi connectivity index (χ1) is 15.7. The number of hydrogen-bond acceptors (Lipinski definition) is 5. The highest BCUT2D eigenvalue weighted by atomic mass is 19.2. The normalized spacial score (nSPS) is 15.0. The van der Waals surface area contributed by atoms with Crippen molar-refractivity contribution in [1.29, 1.82) is 5.26 Å². The molecule has 0 aromatic heterocycles. The van der Waals surface area contributed by atoms with E-state index in [1.54, 1.807) is 13.0 Å². The number of halogens is 4. The number of nitrogens with one attached hydrogen (secondary N) is 2. The summed E-state index contributed by atoms with van der Waals surface area (Å²) < 4.78 is 54.1. The van der Waals surface area contributed by atoms with E-state index in [4.69, 9.17) is 5.26 Å². The van der Waals surface area contributed by atoms with Crippen LogP contribution in [-0.4, -0.2) is 55.5 Å². The monoisotopic (exact) mass is 463 g/mol. The Labute approximate surface area is 187 Å². The number of nitriles is 1. The molecular weight excluding hydrogens is 442 g/mol. The Kier molecular flexibility index (Phi) is 7.50. The molecule has 1 fully saturated rings. The molecule has 1 aliphatic heterocycles. The second-order valence-corrected chi connectivity index (χ2v) is 7.47. The number of carbonyl (C=O) groups excluding carboxylic acids is 2. The maximum atomic E-state index is 14.2. The van der Waals surface area contributed by atoms with Gasteiger partial charge in [-0.3, -0.25) is 14.5 Å². The molecule has 1 heterocycles. The molecule has 0 bridgehead atoms. The maximum Gasteiger partial charge on any atom is 0.243 e. The van der Waals surface area contributed by atoms with Gasteiger partial charge in [-0.05, 0) is 37.3 Å². The van der Waals surface area contributed by atoms with Crippen LogP contribution in [-0.2, 0) is 9.59 Å². The Morgan fingerprint density at radius 3 is 2.36 bits per heavy atom. The number of anilines is 2. The van der Waals surface area contributed by atoms with E-state index < -0.39 is 53.4 Å². The molecule has 1 aliphatic rings. The van der Waals surface area contributed by atoms with Crippen molar-refractivity contribution in [2.24, 2.45) is 0 Å². The van der Waals surface area contributed by atoms with Gasteiger partial charge < -0.3 is 15.5 Å². The van der Waals surface area contributed by atoms with Crippen molar-refractivity contribution in [2.75, 3.05) is 42.9 Å². The van der Waals surface area contributed by atoms with Gasteiger partial charge in [0.25, 0.3) is 0 Å². The lowest BCUT2D eigenvalue weighted by molar-refractivity contribution is -0.128.